The number of methoxy groups -OCH3 is 3. The minimum Gasteiger partial charge on any atom is -0.493 e. The van der Waals surface area contributed by atoms with Gasteiger partial charge in [-0.15, -0.1) is 24.0 Å². The van der Waals surface area contributed by atoms with Gasteiger partial charge in [0.15, 0.2) is 17.5 Å². The van der Waals surface area contributed by atoms with Gasteiger partial charge in [0, 0.05) is 12.1 Å². The molecule has 0 fully saturated rings. The number of aryl methyl sites for hydroxylation is 1. The third-order valence-corrected chi connectivity index (χ3v) is 4.41. The molecule has 2 aromatic rings. The highest BCUT2D eigenvalue weighted by Gasteiger charge is 2.27. The summed E-state index contributed by atoms with van der Waals surface area (Å²) in [6.45, 7) is 6.77. The van der Waals surface area contributed by atoms with Crippen molar-refractivity contribution in [3.8, 4) is 17.2 Å². The average Bonchev–Trinajstić information content (AvgIpc) is 3.16. The Labute approximate surface area is 195 Å². The van der Waals surface area contributed by atoms with Crippen LogP contribution in [0.25, 0.3) is 0 Å². The van der Waals surface area contributed by atoms with Crippen LogP contribution in [0.1, 0.15) is 30.9 Å². The van der Waals surface area contributed by atoms with E-state index in [0.29, 0.717) is 42.1 Å². The van der Waals surface area contributed by atoms with Crippen molar-refractivity contribution in [1.29, 1.82) is 0 Å². The Hall–Kier alpha value is -2.14. The molecule has 8 nitrogen and oxygen atoms in total. The molecule has 0 bridgehead atoms. The quantitative estimate of drug-likeness (QED) is 0.259. The minimum absolute atomic E-state index is 0. The first-order chi connectivity index (χ1) is 13.9. The first kappa shape index (κ1) is 25.9. The lowest BCUT2D eigenvalue weighted by molar-refractivity contribution is 0.0378. The number of nitrogens with one attached hydrogen (secondary N) is 2. The third kappa shape index (κ3) is 6.43. The molecule has 1 unspecified atom stereocenters. The Morgan fingerprint density at radius 3 is 2.30 bits per heavy atom. The summed E-state index contributed by atoms with van der Waals surface area (Å²) in [6.07, 6.45) is 0. The summed E-state index contributed by atoms with van der Waals surface area (Å²) in [4.78, 5) is 4.60. The number of guanidine groups is 1. The molecule has 0 saturated carbocycles. The molecule has 168 valence electrons. The second-order valence-corrected chi connectivity index (χ2v) is 6.73. The predicted octanol–water partition coefficient (Wildman–Crippen LogP) is 3.19. The monoisotopic (exact) mass is 533 g/mol. The van der Waals surface area contributed by atoms with E-state index in [4.69, 9.17) is 18.6 Å². The summed E-state index contributed by atoms with van der Waals surface area (Å²) in [7, 11) is 4.72. The summed E-state index contributed by atoms with van der Waals surface area (Å²) in [5.41, 5.74) is -0.332. The SMILES string of the molecule is CCNC(=NCc1ccc(OC)c(OC)c1OC)NCC(C)(O)c1ccc(C)o1.I. The number of hydrogen-bond donors (Lipinski definition) is 3. The van der Waals surface area contributed by atoms with E-state index in [1.807, 2.05) is 32.0 Å². The van der Waals surface area contributed by atoms with Crippen molar-refractivity contribution in [2.45, 2.75) is 32.9 Å². The molecule has 0 saturated heterocycles. The molecule has 2 rings (SSSR count). The van der Waals surface area contributed by atoms with Crippen molar-refractivity contribution >= 4 is 29.9 Å². The standard InChI is InChI=1S/C21H31N3O5.HI/c1-7-22-20(24-13-21(3,25)17-11-8-14(2)29-17)23-12-15-9-10-16(26-4)19(28-6)18(15)27-5;/h8-11,25H,7,12-13H2,1-6H3,(H2,22,23,24);1H. The molecule has 1 atom stereocenters. The Morgan fingerprint density at radius 2 is 1.77 bits per heavy atom. The van der Waals surface area contributed by atoms with E-state index in [1.165, 1.54) is 0 Å². The fourth-order valence-electron chi connectivity index (χ4n) is 2.86. The van der Waals surface area contributed by atoms with Gasteiger partial charge in [0.05, 0.1) is 34.4 Å². The molecule has 3 N–H and O–H groups in total. The van der Waals surface area contributed by atoms with Crippen LogP contribution in [0, 0.1) is 6.92 Å². The van der Waals surface area contributed by atoms with E-state index in [-0.39, 0.29) is 30.5 Å². The number of halogens is 1. The highest BCUT2D eigenvalue weighted by molar-refractivity contribution is 14.0. The number of hydrogen-bond acceptors (Lipinski definition) is 6. The lowest BCUT2D eigenvalue weighted by atomic mass is 10.0. The van der Waals surface area contributed by atoms with Gasteiger partial charge < -0.3 is 34.4 Å². The molecular weight excluding hydrogens is 501 g/mol. The van der Waals surface area contributed by atoms with Crippen LogP contribution in [0.4, 0.5) is 0 Å². The molecule has 0 radical (unpaired) electrons. The van der Waals surface area contributed by atoms with Gasteiger partial charge in [-0.25, -0.2) is 4.99 Å². The van der Waals surface area contributed by atoms with E-state index in [9.17, 15) is 5.11 Å². The zero-order valence-corrected chi connectivity index (χ0v) is 20.7. The highest BCUT2D eigenvalue weighted by atomic mass is 127. The first-order valence-electron chi connectivity index (χ1n) is 9.45. The van der Waals surface area contributed by atoms with Crippen LogP contribution in [0.5, 0.6) is 17.2 Å². The maximum atomic E-state index is 10.7. The second kappa shape index (κ2) is 11.9. The maximum Gasteiger partial charge on any atom is 0.203 e. The zero-order chi connectivity index (χ0) is 21.4. The van der Waals surface area contributed by atoms with Crippen molar-refractivity contribution in [2.75, 3.05) is 34.4 Å². The van der Waals surface area contributed by atoms with Crippen molar-refractivity contribution in [1.82, 2.24) is 10.6 Å². The van der Waals surface area contributed by atoms with E-state index in [0.717, 1.165) is 11.3 Å². The van der Waals surface area contributed by atoms with Crippen molar-refractivity contribution in [2.24, 2.45) is 4.99 Å². The summed E-state index contributed by atoms with van der Waals surface area (Å²) in [5, 5.41) is 17.1. The molecule has 0 aliphatic heterocycles. The lowest BCUT2D eigenvalue weighted by Gasteiger charge is -2.23. The van der Waals surface area contributed by atoms with Gasteiger partial charge in [-0.2, -0.15) is 0 Å². The van der Waals surface area contributed by atoms with Gasteiger partial charge in [0.25, 0.3) is 0 Å². The normalized spacial score (nSPS) is 13.1. The van der Waals surface area contributed by atoms with Crippen molar-refractivity contribution in [3.05, 3.63) is 41.3 Å². The summed E-state index contributed by atoms with van der Waals surface area (Å²) < 4.78 is 21.8. The smallest absolute Gasteiger partial charge is 0.203 e. The minimum atomic E-state index is -1.18. The number of ether oxygens (including phenoxy) is 3. The largest absolute Gasteiger partial charge is 0.493 e. The molecule has 30 heavy (non-hydrogen) atoms. The predicted molar refractivity (Wildman–Crippen MR) is 127 cm³/mol. The van der Waals surface area contributed by atoms with E-state index >= 15 is 0 Å². The van der Waals surface area contributed by atoms with Crippen LogP contribution in [0.3, 0.4) is 0 Å². The Morgan fingerprint density at radius 1 is 1.07 bits per heavy atom. The molecular formula is C21H32IN3O5. The summed E-state index contributed by atoms with van der Waals surface area (Å²) in [6, 6.07) is 7.30. The number of aliphatic imine (C=N–C) groups is 1. The Kier molecular flexibility index (Phi) is 10.3. The fraction of sp³-hybridized carbons (Fsp3) is 0.476. The molecule has 0 aliphatic carbocycles. The first-order valence-corrected chi connectivity index (χ1v) is 9.45. The van der Waals surface area contributed by atoms with Gasteiger partial charge in [-0.1, -0.05) is 0 Å². The van der Waals surface area contributed by atoms with Crippen molar-refractivity contribution < 1.29 is 23.7 Å². The van der Waals surface area contributed by atoms with Gasteiger partial charge >= 0.3 is 0 Å². The van der Waals surface area contributed by atoms with Crippen molar-refractivity contribution in [3.63, 3.8) is 0 Å². The van der Waals surface area contributed by atoms with Crippen LogP contribution in [0.2, 0.25) is 0 Å². The van der Waals surface area contributed by atoms with Crippen LogP contribution < -0.4 is 24.8 Å². The maximum absolute atomic E-state index is 10.7. The van der Waals surface area contributed by atoms with Crippen LogP contribution >= 0.6 is 24.0 Å². The summed E-state index contributed by atoms with van der Waals surface area (Å²) >= 11 is 0. The zero-order valence-electron chi connectivity index (χ0n) is 18.4. The molecule has 0 spiro atoms. The number of nitrogens with zero attached hydrogens (tertiary/aromatic N) is 1. The Bertz CT molecular complexity index is 836. The highest BCUT2D eigenvalue weighted by Crippen LogP contribution is 2.39. The molecule has 1 aromatic heterocycles. The van der Waals surface area contributed by atoms with Crippen LogP contribution in [0.15, 0.2) is 33.7 Å². The molecule has 1 aromatic carbocycles. The summed E-state index contributed by atoms with van der Waals surface area (Å²) in [5.74, 6) is 3.50. The molecule has 9 heteroatoms. The third-order valence-electron chi connectivity index (χ3n) is 4.41. The Balaban J connectivity index is 0.00000450. The van der Waals surface area contributed by atoms with E-state index in [1.54, 1.807) is 34.3 Å². The fourth-order valence-corrected chi connectivity index (χ4v) is 2.86. The number of rotatable bonds is 9. The number of benzene rings is 1. The van der Waals surface area contributed by atoms with E-state index < -0.39 is 5.60 Å². The molecule has 1 heterocycles. The van der Waals surface area contributed by atoms with Gasteiger partial charge in [-0.3, -0.25) is 0 Å². The van der Waals surface area contributed by atoms with Gasteiger partial charge in [0.1, 0.15) is 17.1 Å². The van der Waals surface area contributed by atoms with Crippen LogP contribution in [-0.2, 0) is 12.1 Å². The lowest BCUT2D eigenvalue weighted by Crippen LogP contribution is -2.44. The average molecular weight is 533 g/mol. The molecule has 0 amide bonds. The molecule has 0 aliphatic rings. The van der Waals surface area contributed by atoms with Crippen LogP contribution in [-0.4, -0.2) is 45.5 Å². The number of aliphatic hydroxyl groups is 1. The van der Waals surface area contributed by atoms with Gasteiger partial charge in [-0.05, 0) is 45.0 Å². The second-order valence-electron chi connectivity index (χ2n) is 6.73. The van der Waals surface area contributed by atoms with Gasteiger partial charge in [0.2, 0.25) is 5.75 Å². The topological polar surface area (TPSA) is 97.5 Å². The van der Waals surface area contributed by atoms with E-state index in [2.05, 4.69) is 15.6 Å². The number of furan rings is 1.